The Labute approximate surface area is 168 Å². The highest BCUT2D eigenvalue weighted by atomic mass is 19.1. The summed E-state index contributed by atoms with van der Waals surface area (Å²) in [5, 5.41) is 3.15. The molecule has 3 heterocycles. The fourth-order valence-electron chi connectivity index (χ4n) is 4.13. The van der Waals surface area contributed by atoms with E-state index < -0.39 is 5.95 Å². The van der Waals surface area contributed by atoms with Crippen molar-refractivity contribution in [3.05, 3.63) is 71.8 Å². The number of rotatable bonds is 2. The van der Waals surface area contributed by atoms with Crippen LogP contribution in [0, 0.1) is 12.9 Å². The van der Waals surface area contributed by atoms with Crippen LogP contribution in [0.15, 0.2) is 59.1 Å². The van der Waals surface area contributed by atoms with Crippen LogP contribution in [0.2, 0.25) is 0 Å². The standard InChI is InChI=1S/C25H22FN2O/c1-14(2)16-11-12-28(4)20(13-16)21-15(3)9-10-19-22-17-7-5-6-8-18(17)24(26)27-25(22)29-23(19)21/h5-14H,1-4H3/q+1. The number of hydrogen-bond donors (Lipinski definition) is 0. The lowest BCUT2D eigenvalue weighted by molar-refractivity contribution is -0.660. The lowest BCUT2D eigenvalue weighted by Crippen LogP contribution is -2.31. The van der Waals surface area contributed by atoms with E-state index >= 15 is 0 Å². The Morgan fingerprint density at radius 3 is 2.52 bits per heavy atom. The molecule has 0 fully saturated rings. The van der Waals surface area contributed by atoms with Crippen molar-refractivity contribution in [2.45, 2.75) is 26.7 Å². The fourth-order valence-corrected chi connectivity index (χ4v) is 4.13. The largest absolute Gasteiger partial charge is 0.437 e. The molecule has 0 unspecified atom stereocenters. The topological polar surface area (TPSA) is 29.9 Å². The van der Waals surface area contributed by atoms with E-state index in [1.807, 2.05) is 25.2 Å². The van der Waals surface area contributed by atoms with Crippen LogP contribution < -0.4 is 4.57 Å². The third kappa shape index (κ3) is 2.63. The molecule has 4 heteroatoms. The Bertz CT molecular complexity index is 1420. The molecule has 29 heavy (non-hydrogen) atoms. The van der Waals surface area contributed by atoms with Gasteiger partial charge in [0.15, 0.2) is 11.8 Å². The molecule has 0 saturated heterocycles. The summed E-state index contributed by atoms with van der Waals surface area (Å²) < 4.78 is 22.9. The quantitative estimate of drug-likeness (QED) is 0.268. The monoisotopic (exact) mass is 385 g/mol. The molecule has 0 bridgehead atoms. The highest BCUT2D eigenvalue weighted by Crippen LogP contribution is 2.39. The maximum atomic E-state index is 14.6. The second-order valence-corrected chi connectivity index (χ2v) is 7.98. The number of pyridine rings is 2. The highest BCUT2D eigenvalue weighted by molar-refractivity contribution is 6.19. The van der Waals surface area contributed by atoms with E-state index in [0.717, 1.165) is 38.6 Å². The van der Waals surface area contributed by atoms with Crippen molar-refractivity contribution in [3.63, 3.8) is 0 Å². The average Bonchev–Trinajstić information content (AvgIpc) is 3.07. The number of aryl methyl sites for hydroxylation is 2. The van der Waals surface area contributed by atoms with Crippen LogP contribution in [0.3, 0.4) is 0 Å². The van der Waals surface area contributed by atoms with Gasteiger partial charge in [0.1, 0.15) is 7.05 Å². The van der Waals surface area contributed by atoms with E-state index in [1.54, 1.807) is 6.07 Å². The van der Waals surface area contributed by atoms with Crippen LogP contribution in [0.4, 0.5) is 4.39 Å². The van der Waals surface area contributed by atoms with Crippen LogP contribution in [0.1, 0.15) is 30.9 Å². The van der Waals surface area contributed by atoms with E-state index in [0.29, 0.717) is 17.0 Å². The van der Waals surface area contributed by atoms with Gasteiger partial charge in [0, 0.05) is 22.9 Å². The fraction of sp³-hybridized carbons (Fsp3) is 0.200. The van der Waals surface area contributed by atoms with Gasteiger partial charge in [-0.1, -0.05) is 44.2 Å². The molecule has 5 rings (SSSR count). The predicted molar refractivity (Wildman–Crippen MR) is 114 cm³/mol. The van der Waals surface area contributed by atoms with Crippen molar-refractivity contribution in [1.82, 2.24) is 4.98 Å². The molecule has 0 aliphatic rings. The molecule has 144 valence electrons. The van der Waals surface area contributed by atoms with Gasteiger partial charge in [0.05, 0.1) is 10.9 Å². The lowest BCUT2D eigenvalue weighted by atomic mass is 9.96. The molecule has 0 aliphatic heterocycles. The normalized spacial score (nSPS) is 11.9. The zero-order valence-electron chi connectivity index (χ0n) is 17.0. The molecule has 0 saturated carbocycles. The number of fused-ring (bicyclic) bond motifs is 5. The smallest absolute Gasteiger partial charge is 0.230 e. The zero-order valence-corrected chi connectivity index (χ0v) is 17.0. The summed E-state index contributed by atoms with van der Waals surface area (Å²) >= 11 is 0. The first-order chi connectivity index (χ1) is 14.0. The van der Waals surface area contributed by atoms with Gasteiger partial charge in [-0.15, -0.1) is 0 Å². The molecule has 0 N–H and O–H groups in total. The molecular formula is C25H22FN2O+. The maximum absolute atomic E-state index is 14.6. The number of halogens is 1. The molecule has 3 aromatic heterocycles. The molecule has 0 atom stereocenters. The second kappa shape index (κ2) is 6.38. The van der Waals surface area contributed by atoms with Gasteiger partial charge in [0.2, 0.25) is 17.4 Å². The number of nitrogens with zero attached hydrogens (tertiary/aromatic N) is 2. The van der Waals surface area contributed by atoms with Gasteiger partial charge in [-0.05, 0) is 35.4 Å². The van der Waals surface area contributed by atoms with Crippen molar-refractivity contribution >= 4 is 32.8 Å². The van der Waals surface area contributed by atoms with E-state index in [9.17, 15) is 4.39 Å². The van der Waals surface area contributed by atoms with Gasteiger partial charge in [-0.2, -0.15) is 9.37 Å². The molecule has 0 spiro atoms. The Hall–Kier alpha value is -3.27. The van der Waals surface area contributed by atoms with E-state index in [1.165, 1.54) is 5.56 Å². The van der Waals surface area contributed by atoms with E-state index in [-0.39, 0.29) is 0 Å². The second-order valence-electron chi connectivity index (χ2n) is 7.98. The first kappa shape index (κ1) is 17.8. The average molecular weight is 385 g/mol. The minimum Gasteiger partial charge on any atom is -0.437 e. The highest BCUT2D eigenvalue weighted by Gasteiger charge is 2.23. The first-order valence-electron chi connectivity index (χ1n) is 9.85. The predicted octanol–water partition coefficient (Wildman–Crippen LogP) is 6.20. The van der Waals surface area contributed by atoms with Gasteiger partial charge < -0.3 is 4.42 Å². The van der Waals surface area contributed by atoms with Crippen molar-refractivity contribution in [2.24, 2.45) is 7.05 Å². The van der Waals surface area contributed by atoms with Crippen LogP contribution >= 0.6 is 0 Å². The Balaban J connectivity index is 1.93. The summed E-state index contributed by atoms with van der Waals surface area (Å²) in [5.41, 5.74) is 5.56. The SMILES string of the molecule is Cc1ccc2c(oc3nc(F)c4ccccc4c32)c1-c1cc(C(C)C)cc[n+]1C. The minimum atomic E-state index is -0.502. The molecule has 2 aromatic carbocycles. The Morgan fingerprint density at radius 1 is 1.00 bits per heavy atom. The Morgan fingerprint density at radius 2 is 1.76 bits per heavy atom. The van der Waals surface area contributed by atoms with Gasteiger partial charge in [-0.25, -0.2) is 4.57 Å². The summed E-state index contributed by atoms with van der Waals surface area (Å²) in [6.45, 7) is 6.45. The summed E-state index contributed by atoms with van der Waals surface area (Å²) in [6, 6.07) is 16.0. The number of aromatic nitrogens is 2. The lowest BCUT2D eigenvalue weighted by Gasteiger charge is -2.09. The van der Waals surface area contributed by atoms with Gasteiger partial charge in [-0.3, -0.25) is 0 Å². The first-order valence-corrected chi connectivity index (χ1v) is 9.85. The van der Waals surface area contributed by atoms with Crippen LogP contribution in [0.5, 0.6) is 0 Å². The molecular weight excluding hydrogens is 363 g/mol. The third-order valence-electron chi connectivity index (χ3n) is 5.76. The van der Waals surface area contributed by atoms with Crippen LogP contribution in [0.25, 0.3) is 44.1 Å². The maximum Gasteiger partial charge on any atom is 0.230 e. The van der Waals surface area contributed by atoms with Crippen LogP contribution in [-0.2, 0) is 7.05 Å². The molecule has 0 aliphatic carbocycles. The summed E-state index contributed by atoms with van der Waals surface area (Å²) in [5.74, 6) is -0.0809. The molecule has 0 amide bonds. The van der Waals surface area contributed by atoms with Crippen molar-refractivity contribution < 1.29 is 13.4 Å². The van der Waals surface area contributed by atoms with Gasteiger partial charge in [0.25, 0.3) is 0 Å². The van der Waals surface area contributed by atoms with Crippen molar-refractivity contribution in [2.75, 3.05) is 0 Å². The zero-order chi connectivity index (χ0) is 20.3. The minimum absolute atomic E-state index is 0.339. The van der Waals surface area contributed by atoms with E-state index in [4.69, 9.17) is 4.42 Å². The Kier molecular flexibility index (Phi) is 3.91. The summed E-state index contributed by atoms with van der Waals surface area (Å²) in [7, 11) is 2.04. The number of hydrogen-bond acceptors (Lipinski definition) is 2. The number of benzene rings is 2. The summed E-state index contributed by atoms with van der Waals surface area (Å²) in [4.78, 5) is 4.13. The van der Waals surface area contributed by atoms with Crippen molar-refractivity contribution in [1.29, 1.82) is 0 Å². The molecule has 5 aromatic rings. The summed E-state index contributed by atoms with van der Waals surface area (Å²) in [6.07, 6.45) is 2.08. The molecule has 0 radical (unpaired) electrons. The van der Waals surface area contributed by atoms with Gasteiger partial charge >= 0.3 is 0 Å². The molecule has 3 nitrogen and oxygen atoms in total. The number of furan rings is 1. The third-order valence-corrected chi connectivity index (χ3v) is 5.76. The van der Waals surface area contributed by atoms with Crippen molar-refractivity contribution in [3.8, 4) is 11.3 Å². The van der Waals surface area contributed by atoms with E-state index in [2.05, 4.69) is 60.8 Å². The van der Waals surface area contributed by atoms with Crippen LogP contribution in [-0.4, -0.2) is 4.98 Å².